The van der Waals surface area contributed by atoms with Gasteiger partial charge in [0.15, 0.2) is 6.34 Å². The quantitative estimate of drug-likeness (QED) is 0.539. The van der Waals surface area contributed by atoms with Crippen molar-refractivity contribution in [2.75, 3.05) is 6.54 Å². The van der Waals surface area contributed by atoms with Crippen molar-refractivity contribution in [3.8, 4) is 0 Å². The second-order valence-corrected chi connectivity index (χ2v) is 2.14. The highest BCUT2D eigenvalue weighted by Gasteiger charge is 2.14. The van der Waals surface area contributed by atoms with Crippen molar-refractivity contribution in [2.45, 2.75) is 26.3 Å². The summed E-state index contributed by atoms with van der Waals surface area (Å²) in [6, 6.07) is 0.393. The van der Waals surface area contributed by atoms with Crippen LogP contribution in [0.4, 0.5) is 0 Å². The molecule has 1 unspecified atom stereocenters. The maximum absolute atomic E-state index is 4.13. The van der Waals surface area contributed by atoms with E-state index in [1.54, 1.807) is 0 Å². The van der Waals surface area contributed by atoms with Gasteiger partial charge in [-0.05, 0) is 13.3 Å². The van der Waals surface area contributed by atoms with Gasteiger partial charge in [-0.1, -0.05) is 6.92 Å². The van der Waals surface area contributed by atoms with Gasteiger partial charge in [-0.15, -0.1) is 0 Å². The fraction of sp³-hybridized carbons (Fsp3) is 0.714. The fourth-order valence-electron chi connectivity index (χ4n) is 0.796. The lowest BCUT2D eigenvalue weighted by Crippen LogP contribution is -2.16. The van der Waals surface area contributed by atoms with Crippen LogP contribution < -0.4 is 0 Å². The highest BCUT2D eigenvalue weighted by atomic mass is 15.2. The van der Waals surface area contributed by atoms with Gasteiger partial charge in [-0.3, -0.25) is 4.99 Å². The number of aliphatic imine (C=N–C) groups is 1. The second-order valence-electron chi connectivity index (χ2n) is 2.14. The Balaban J connectivity index is 2.31. The summed E-state index contributed by atoms with van der Waals surface area (Å²) in [4.78, 5) is 6.12. The summed E-state index contributed by atoms with van der Waals surface area (Å²) in [6.45, 7) is 7.32. The molecule has 0 aliphatic carbocycles. The zero-order chi connectivity index (χ0) is 6.69. The molecule has 0 fully saturated rings. The highest BCUT2D eigenvalue weighted by Crippen LogP contribution is 2.10. The highest BCUT2D eigenvalue weighted by molar-refractivity contribution is 5.59. The Labute approximate surface area is 56.6 Å². The molecule has 1 heterocycles. The van der Waals surface area contributed by atoms with Crippen LogP contribution in [0.5, 0.6) is 0 Å². The Kier molecular flexibility index (Phi) is 2.09. The standard InChI is InChI=1S/C7H12N2/c1-3-7-5-9(4-2)6-8-7/h5,7H,3-4H2,1-2H3. The van der Waals surface area contributed by atoms with Crippen molar-refractivity contribution >= 4 is 6.34 Å². The zero-order valence-electron chi connectivity index (χ0n) is 5.96. The molecule has 1 aliphatic rings. The van der Waals surface area contributed by atoms with Crippen molar-refractivity contribution in [2.24, 2.45) is 4.99 Å². The molecule has 0 aromatic heterocycles. The summed E-state index contributed by atoms with van der Waals surface area (Å²) < 4.78 is 0. The Morgan fingerprint density at radius 2 is 2.44 bits per heavy atom. The van der Waals surface area contributed by atoms with Gasteiger partial charge in [0, 0.05) is 6.54 Å². The molecule has 0 aromatic carbocycles. The summed E-state index contributed by atoms with van der Waals surface area (Å²) in [6.07, 6.45) is 4.00. The van der Waals surface area contributed by atoms with Crippen LogP contribution in [-0.2, 0) is 0 Å². The minimum absolute atomic E-state index is 0.393. The van der Waals surface area contributed by atoms with E-state index in [4.69, 9.17) is 0 Å². The first-order valence-electron chi connectivity index (χ1n) is 3.44. The summed E-state index contributed by atoms with van der Waals surface area (Å²) in [7, 11) is 0. The number of hydrogen-bond acceptors (Lipinski definition) is 2. The van der Waals surface area contributed by atoms with Crippen LogP contribution in [-0.4, -0.2) is 23.8 Å². The Morgan fingerprint density at radius 1 is 1.67 bits per heavy atom. The smallest absolute Gasteiger partial charge is 0.167 e. The first-order valence-corrected chi connectivity index (χ1v) is 3.44. The van der Waals surface area contributed by atoms with Crippen LogP contribution >= 0.6 is 0 Å². The largest absolute Gasteiger partial charge is 0.347 e. The van der Waals surface area contributed by atoms with Gasteiger partial charge in [0.25, 0.3) is 0 Å². The van der Waals surface area contributed by atoms with Gasteiger partial charge in [0.1, 0.15) is 0 Å². The van der Waals surface area contributed by atoms with Crippen LogP contribution in [0.1, 0.15) is 20.3 Å². The lowest BCUT2D eigenvalue weighted by molar-refractivity contribution is 0.525. The Morgan fingerprint density at radius 3 is 2.78 bits per heavy atom. The molecule has 0 spiro atoms. The number of likely N-dealkylation sites (N-methyl/N-ethyl adjacent to an activating group) is 1. The van der Waals surface area contributed by atoms with Crippen LogP contribution in [0.25, 0.3) is 0 Å². The predicted molar refractivity (Wildman–Crippen MR) is 38.2 cm³/mol. The number of rotatable bonds is 2. The van der Waals surface area contributed by atoms with Crippen LogP contribution in [0, 0.1) is 6.54 Å². The van der Waals surface area contributed by atoms with Gasteiger partial charge in [0.2, 0.25) is 0 Å². The molecule has 50 valence electrons. The maximum atomic E-state index is 4.13. The van der Waals surface area contributed by atoms with Crippen LogP contribution in [0.2, 0.25) is 0 Å². The number of hydrogen-bond donors (Lipinski definition) is 0. The molecular weight excluding hydrogens is 112 g/mol. The van der Waals surface area contributed by atoms with E-state index < -0.39 is 0 Å². The van der Waals surface area contributed by atoms with Crippen molar-refractivity contribution < 1.29 is 0 Å². The first-order chi connectivity index (χ1) is 4.36. The molecule has 0 bridgehead atoms. The summed E-state index contributed by atoms with van der Waals surface area (Å²) >= 11 is 0. The Bertz CT molecular complexity index is 97.5. The van der Waals surface area contributed by atoms with E-state index in [-0.39, 0.29) is 0 Å². The third kappa shape index (κ3) is 1.44. The molecule has 0 aromatic rings. The molecule has 1 atom stereocenters. The minimum Gasteiger partial charge on any atom is -0.347 e. The molecule has 9 heavy (non-hydrogen) atoms. The first kappa shape index (κ1) is 6.59. The van der Waals surface area contributed by atoms with Gasteiger partial charge in [-0.2, -0.15) is 0 Å². The summed E-state index contributed by atoms with van der Waals surface area (Å²) in [5, 5.41) is 0. The van der Waals surface area contributed by atoms with E-state index in [1.807, 2.05) is 4.90 Å². The number of nitrogens with zero attached hydrogens (tertiary/aromatic N) is 2. The topological polar surface area (TPSA) is 15.6 Å². The monoisotopic (exact) mass is 124 g/mol. The molecule has 1 rings (SSSR count). The van der Waals surface area contributed by atoms with E-state index in [9.17, 15) is 0 Å². The molecule has 0 amide bonds. The van der Waals surface area contributed by atoms with Gasteiger partial charge in [0.05, 0.1) is 12.6 Å². The van der Waals surface area contributed by atoms with E-state index in [0.717, 1.165) is 13.0 Å². The van der Waals surface area contributed by atoms with Crippen LogP contribution in [0.15, 0.2) is 4.99 Å². The average molecular weight is 124 g/mol. The predicted octanol–water partition coefficient (Wildman–Crippen LogP) is 1.17. The molecule has 2 nitrogen and oxygen atoms in total. The summed E-state index contributed by atoms with van der Waals surface area (Å²) in [5.74, 6) is 0. The van der Waals surface area contributed by atoms with Gasteiger partial charge in [-0.25, -0.2) is 0 Å². The Hall–Kier alpha value is -0.530. The fourth-order valence-corrected chi connectivity index (χ4v) is 0.796. The molecule has 0 saturated carbocycles. The summed E-state index contributed by atoms with van der Waals surface area (Å²) in [5.41, 5.74) is 0. The lowest BCUT2D eigenvalue weighted by Gasteiger charge is -2.09. The average Bonchev–Trinajstić information content (AvgIpc) is 2.34. The van der Waals surface area contributed by atoms with Crippen molar-refractivity contribution in [3.05, 3.63) is 6.54 Å². The molecule has 2 heteroatoms. The maximum Gasteiger partial charge on any atom is 0.167 e. The second kappa shape index (κ2) is 2.85. The third-order valence-electron chi connectivity index (χ3n) is 1.46. The van der Waals surface area contributed by atoms with Gasteiger partial charge < -0.3 is 4.90 Å². The van der Waals surface area contributed by atoms with E-state index in [1.165, 1.54) is 0 Å². The molecule has 0 saturated heterocycles. The van der Waals surface area contributed by atoms with Crippen molar-refractivity contribution in [1.82, 2.24) is 4.90 Å². The SMILES string of the molecule is CCC1[CH]N(CC)[C]=N1. The lowest BCUT2D eigenvalue weighted by atomic mass is 10.2. The van der Waals surface area contributed by atoms with E-state index in [2.05, 4.69) is 31.7 Å². The van der Waals surface area contributed by atoms with Crippen molar-refractivity contribution in [1.29, 1.82) is 0 Å². The molecule has 0 N–H and O–H groups in total. The van der Waals surface area contributed by atoms with Crippen LogP contribution in [0.3, 0.4) is 0 Å². The van der Waals surface area contributed by atoms with Crippen molar-refractivity contribution in [3.63, 3.8) is 0 Å². The van der Waals surface area contributed by atoms with E-state index >= 15 is 0 Å². The van der Waals surface area contributed by atoms with E-state index in [0.29, 0.717) is 6.04 Å². The molecule has 2 radical (unpaired) electrons. The van der Waals surface area contributed by atoms with Gasteiger partial charge >= 0.3 is 0 Å². The third-order valence-corrected chi connectivity index (χ3v) is 1.46. The molecule has 1 aliphatic heterocycles. The normalized spacial score (nSPS) is 25.6. The molecular formula is C7H12N2. The minimum atomic E-state index is 0.393. The zero-order valence-corrected chi connectivity index (χ0v) is 5.96.